The molecule has 0 aliphatic heterocycles. The van der Waals surface area contributed by atoms with E-state index >= 15 is 0 Å². The van der Waals surface area contributed by atoms with E-state index in [0.29, 0.717) is 11.3 Å². The van der Waals surface area contributed by atoms with Crippen LogP contribution in [0.2, 0.25) is 0 Å². The van der Waals surface area contributed by atoms with Crippen molar-refractivity contribution in [2.75, 3.05) is 0 Å². The number of benzene rings is 2. The molecular formula is C28H25FN2O2S. The molecule has 4 aromatic rings. The fourth-order valence-electron chi connectivity index (χ4n) is 4.70. The van der Waals surface area contributed by atoms with Crippen LogP contribution in [0, 0.1) is 12.7 Å². The molecule has 5 rings (SSSR count). The summed E-state index contributed by atoms with van der Waals surface area (Å²) in [7, 11) is -4.08. The van der Waals surface area contributed by atoms with Crippen molar-refractivity contribution < 1.29 is 12.8 Å². The molecule has 2 heterocycles. The summed E-state index contributed by atoms with van der Waals surface area (Å²) in [4.78, 5) is -0.0453. The Kier molecular flexibility index (Phi) is 5.92. The number of allylic oxidation sites excluding steroid dienone is 2. The smallest absolute Gasteiger partial charge is 0.282 e. The Labute approximate surface area is 199 Å². The first-order chi connectivity index (χ1) is 16.5. The highest BCUT2D eigenvalue weighted by atomic mass is 32.2. The van der Waals surface area contributed by atoms with Crippen LogP contribution < -0.4 is 0 Å². The first-order valence-electron chi connectivity index (χ1n) is 11.4. The summed E-state index contributed by atoms with van der Waals surface area (Å²) in [5.41, 5.74) is 6.29. The summed E-state index contributed by atoms with van der Waals surface area (Å²) in [6.45, 7) is 2.04. The average molecular weight is 473 g/mol. The number of halogens is 1. The number of pyridine rings is 1. The fourth-order valence-corrected chi connectivity index (χ4v) is 5.72. The molecule has 0 atom stereocenters. The highest BCUT2D eigenvalue weighted by Gasteiger charge is 2.25. The molecular weight excluding hydrogens is 447 g/mol. The van der Waals surface area contributed by atoms with Crippen molar-refractivity contribution in [2.45, 2.75) is 37.5 Å². The zero-order valence-electron chi connectivity index (χ0n) is 18.9. The average Bonchev–Trinajstić information content (AvgIpc) is 3.15. The molecule has 0 saturated carbocycles. The van der Waals surface area contributed by atoms with E-state index < -0.39 is 15.8 Å². The minimum Gasteiger partial charge on any atom is -0.314 e. The molecule has 4 nitrogen and oxygen atoms in total. The van der Waals surface area contributed by atoms with E-state index in [0.717, 1.165) is 53.7 Å². The molecule has 0 saturated heterocycles. The summed E-state index contributed by atoms with van der Waals surface area (Å²) in [6, 6.07) is 20.1. The normalized spacial score (nSPS) is 14.9. The first kappa shape index (κ1) is 22.3. The third-order valence-corrected chi connectivity index (χ3v) is 7.58. The number of aromatic nitrogens is 1. The lowest BCUT2D eigenvalue weighted by molar-refractivity contribution is 0.596. The van der Waals surface area contributed by atoms with Crippen molar-refractivity contribution in [3.63, 3.8) is 0 Å². The van der Waals surface area contributed by atoms with Gasteiger partial charge in [0.05, 0.1) is 16.1 Å². The maximum Gasteiger partial charge on any atom is 0.282 e. The van der Waals surface area contributed by atoms with Crippen LogP contribution in [0.5, 0.6) is 0 Å². The summed E-state index contributed by atoms with van der Waals surface area (Å²) in [5, 5.41) is 0. The summed E-state index contributed by atoms with van der Waals surface area (Å²) in [5.74, 6) is -0.495. The van der Waals surface area contributed by atoms with Crippen molar-refractivity contribution in [1.29, 1.82) is 0 Å². The van der Waals surface area contributed by atoms with Crippen LogP contribution in [-0.4, -0.2) is 18.5 Å². The van der Waals surface area contributed by atoms with Crippen molar-refractivity contribution in [3.8, 4) is 0 Å². The molecule has 172 valence electrons. The van der Waals surface area contributed by atoms with Crippen LogP contribution in [0.25, 0.3) is 11.1 Å². The van der Waals surface area contributed by atoms with Gasteiger partial charge in [-0.3, -0.25) is 0 Å². The second-order valence-electron chi connectivity index (χ2n) is 8.51. The van der Waals surface area contributed by atoms with Crippen molar-refractivity contribution >= 4 is 26.8 Å². The molecule has 0 bridgehead atoms. The minimum atomic E-state index is -4.08. The highest BCUT2D eigenvalue weighted by Crippen LogP contribution is 2.36. The van der Waals surface area contributed by atoms with Crippen molar-refractivity contribution in [3.05, 3.63) is 113 Å². The number of rotatable bonds is 5. The van der Waals surface area contributed by atoms with Gasteiger partial charge in [-0.25, -0.2) is 4.39 Å². The number of nitrogens with zero attached hydrogens (tertiary/aromatic N) is 2. The van der Waals surface area contributed by atoms with Gasteiger partial charge in [-0.05, 0) is 80.1 Å². The molecule has 6 heteroatoms. The lowest BCUT2D eigenvalue weighted by Gasteiger charge is -2.13. The van der Waals surface area contributed by atoms with E-state index in [1.807, 2.05) is 60.0 Å². The number of fused-ring (bicyclic) bond motifs is 1. The van der Waals surface area contributed by atoms with Gasteiger partial charge in [0.1, 0.15) is 11.5 Å². The largest absolute Gasteiger partial charge is 0.314 e. The van der Waals surface area contributed by atoms with Crippen molar-refractivity contribution in [1.82, 2.24) is 4.40 Å². The maximum absolute atomic E-state index is 13.4. The van der Waals surface area contributed by atoms with E-state index in [1.54, 1.807) is 0 Å². The topological polar surface area (TPSA) is 50.9 Å². The van der Waals surface area contributed by atoms with Crippen molar-refractivity contribution in [2.24, 2.45) is 4.40 Å². The Morgan fingerprint density at radius 2 is 1.68 bits per heavy atom. The molecule has 0 fully saturated rings. The molecule has 34 heavy (non-hydrogen) atoms. The van der Waals surface area contributed by atoms with E-state index in [1.165, 1.54) is 24.1 Å². The van der Waals surface area contributed by atoms with Gasteiger partial charge < -0.3 is 4.40 Å². The second kappa shape index (κ2) is 9.03. The van der Waals surface area contributed by atoms with Crippen LogP contribution in [0.4, 0.5) is 4.39 Å². The second-order valence-corrected chi connectivity index (χ2v) is 10.1. The molecule has 0 N–H and O–H groups in total. The molecule has 2 aromatic carbocycles. The Bertz CT molecular complexity index is 1520. The predicted molar refractivity (Wildman–Crippen MR) is 134 cm³/mol. The van der Waals surface area contributed by atoms with E-state index in [2.05, 4.69) is 16.5 Å². The third-order valence-electron chi connectivity index (χ3n) is 6.29. The molecule has 1 aliphatic carbocycles. The summed E-state index contributed by atoms with van der Waals surface area (Å²) < 4.78 is 46.5. The fraction of sp³-hybridized carbons (Fsp3) is 0.179. The lowest BCUT2D eigenvalue weighted by Crippen LogP contribution is -2.12. The van der Waals surface area contributed by atoms with Gasteiger partial charge in [-0.15, -0.1) is 0 Å². The first-order valence-corrected chi connectivity index (χ1v) is 12.8. The van der Waals surface area contributed by atoms with E-state index in [9.17, 15) is 12.8 Å². The third kappa shape index (κ3) is 4.10. The lowest BCUT2D eigenvalue weighted by atomic mass is 9.91. The zero-order chi connectivity index (χ0) is 23.7. The maximum atomic E-state index is 13.4. The standard InChI is InChI=1S/C28H25FN2O2S/c1-20-26(21-10-4-2-5-11-21)25-14-8-9-19-31(25)28(20)27(22-12-6-3-7-13-22)30-34(32,33)24-17-15-23(29)16-18-24/h3,6-10,12-19H,2,4-5,11H2,1H3. The highest BCUT2D eigenvalue weighted by molar-refractivity contribution is 7.90. The Balaban J connectivity index is 1.80. The van der Waals surface area contributed by atoms with Gasteiger partial charge in [0.2, 0.25) is 0 Å². The molecule has 1 aliphatic rings. The van der Waals surface area contributed by atoms with Crippen LogP contribution in [-0.2, 0) is 10.0 Å². The van der Waals surface area contributed by atoms with Gasteiger partial charge in [0.25, 0.3) is 10.0 Å². The van der Waals surface area contributed by atoms with Crippen LogP contribution in [0.1, 0.15) is 48.1 Å². The van der Waals surface area contributed by atoms with Gasteiger partial charge in [0, 0.05) is 17.3 Å². The quantitative estimate of drug-likeness (QED) is 0.309. The number of hydrogen-bond acceptors (Lipinski definition) is 2. The van der Waals surface area contributed by atoms with E-state index in [4.69, 9.17) is 0 Å². The number of hydrogen-bond donors (Lipinski definition) is 0. The van der Waals surface area contributed by atoms with Gasteiger partial charge in [0.15, 0.2) is 0 Å². The van der Waals surface area contributed by atoms with Gasteiger partial charge in [-0.1, -0.05) is 42.5 Å². The Morgan fingerprint density at radius 1 is 0.941 bits per heavy atom. The zero-order valence-corrected chi connectivity index (χ0v) is 19.7. The summed E-state index contributed by atoms with van der Waals surface area (Å²) >= 11 is 0. The van der Waals surface area contributed by atoms with Crippen LogP contribution in [0.15, 0.2) is 94.4 Å². The monoisotopic (exact) mass is 472 g/mol. The van der Waals surface area contributed by atoms with Gasteiger partial charge in [-0.2, -0.15) is 12.8 Å². The van der Waals surface area contributed by atoms with Crippen LogP contribution >= 0.6 is 0 Å². The molecule has 0 spiro atoms. The predicted octanol–water partition coefficient (Wildman–Crippen LogP) is 6.57. The summed E-state index contributed by atoms with van der Waals surface area (Å²) in [6.07, 6.45) is 8.63. The van der Waals surface area contributed by atoms with Crippen LogP contribution in [0.3, 0.4) is 0 Å². The Morgan fingerprint density at radius 3 is 2.38 bits per heavy atom. The minimum absolute atomic E-state index is 0.0453. The number of sulfonamides is 1. The SMILES string of the molecule is Cc1c(C2=CCCCC2)c2ccccn2c1C(=NS(=O)(=O)c1ccc(F)cc1)c1ccccc1. The Hall–Kier alpha value is -3.51. The molecule has 0 radical (unpaired) electrons. The molecule has 2 aromatic heterocycles. The molecule has 0 amide bonds. The van der Waals surface area contributed by atoms with Gasteiger partial charge >= 0.3 is 0 Å². The van der Waals surface area contributed by atoms with E-state index in [-0.39, 0.29) is 4.90 Å². The molecule has 0 unspecified atom stereocenters.